The summed E-state index contributed by atoms with van der Waals surface area (Å²) in [7, 11) is 0. The minimum atomic E-state index is -0.128. The molecule has 5 heteroatoms. The molecule has 2 aromatic rings. The lowest BCUT2D eigenvalue weighted by atomic mass is 10.1. The van der Waals surface area contributed by atoms with Crippen molar-refractivity contribution >= 4 is 23.2 Å². The Kier molecular flexibility index (Phi) is 6.88. The van der Waals surface area contributed by atoms with Crippen molar-refractivity contribution in [2.75, 3.05) is 18.4 Å². The quantitative estimate of drug-likeness (QED) is 0.721. The molecule has 0 aliphatic carbocycles. The monoisotopic (exact) mass is 331 g/mol. The molecule has 2 N–H and O–H groups in total. The smallest absolute Gasteiger partial charge is 0.269 e. The van der Waals surface area contributed by atoms with Crippen molar-refractivity contribution in [2.45, 2.75) is 26.2 Å². The fraction of sp³-hybridized carbons (Fsp3) is 0.333. The zero-order chi connectivity index (χ0) is 16.5. The molecule has 0 aliphatic heterocycles. The Balaban J connectivity index is 1.86. The highest BCUT2D eigenvalue weighted by Gasteiger charge is 2.07. The zero-order valence-corrected chi connectivity index (χ0v) is 14.1. The molecular weight excluding hydrogens is 310 g/mol. The number of nitrogens with one attached hydrogen (secondary N) is 2. The summed E-state index contributed by atoms with van der Waals surface area (Å²) in [6.07, 6.45) is 4.54. The summed E-state index contributed by atoms with van der Waals surface area (Å²) in [5.74, 6) is -0.128. The molecule has 1 heterocycles. The van der Waals surface area contributed by atoms with Crippen molar-refractivity contribution in [1.29, 1.82) is 0 Å². The number of aromatic nitrogens is 1. The maximum Gasteiger partial charge on any atom is 0.269 e. The molecule has 0 bridgehead atoms. The third kappa shape index (κ3) is 5.91. The van der Waals surface area contributed by atoms with Gasteiger partial charge in [0.2, 0.25) is 0 Å². The molecule has 2 rings (SSSR count). The van der Waals surface area contributed by atoms with Crippen LogP contribution in [0.5, 0.6) is 0 Å². The Morgan fingerprint density at radius 1 is 1.22 bits per heavy atom. The van der Waals surface area contributed by atoms with Crippen LogP contribution < -0.4 is 10.6 Å². The predicted molar refractivity (Wildman–Crippen MR) is 95.1 cm³/mol. The van der Waals surface area contributed by atoms with Crippen molar-refractivity contribution < 1.29 is 4.79 Å². The number of benzene rings is 1. The Labute approximate surface area is 142 Å². The van der Waals surface area contributed by atoms with Crippen LogP contribution in [0.1, 0.15) is 35.8 Å². The molecule has 122 valence electrons. The summed E-state index contributed by atoms with van der Waals surface area (Å²) in [5, 5.41) is 6.93. The van der Waals surface area contributed by atoms with E-state index in [0.717, 1.165) is 36.5 Å². The molecule has 23 heavy (non-hydrogen) atoms. The highest BCUT2D eigenvalue weighted by atomic mass is 35.5. The second-order valence-corrected chi connectivity index (χ2v) is 5.78. The molecule has 0 radical (unpaired) electrons. The highest BCUT2D eigenvalue weighted by Crippen LogP contribution is 2.12. The third-order valence-electron chi connectivity index (χ3n) is 3.44. The van der Waals surface area contributed by atoms with Gasteiger partial charge in [0.15, 0.2) is 0 Å². The zero-order valence-electron chi connectivity index (χ0n) is 13.3. The average Bonchev–Trinajstić information content (AvgIpc) is 2.55. The maximum atomic E-state index is 12.0. The maximum absolute atomic E-state index is 12.0. The summed E-state index contributed by atoms with van der Waals surface area (Å²) < 4.78 is 0. The van der Waals surface area contributed by atoms with Crippen molar-refractivity contribution in [2.24, 2.45) is 0 Å². The van der Waals surface area contributed by atoms with Gasteiger partial charge in [0.05, 0.1) is 0 Å². The molecule has 0 saturated carbocycles. The van der Waals surface area contributed by atoms with Crippen LogP contribution in [0.25, 0.3) is 0 Å². The van der Waals surface area contributed by atoms with Crippen LogP contribution in [0, 0.1) is 0 Å². The van der Waals surface area contributed by atoms with E-state index in [9.17, 15) is 4.79 Å². The third-order valence-corrected chi connectivity index (χ3v) is 3.68. The minimum Gasteiger partial charge on any atom is -0.385 e. The standard InChI is InChI=1S/C18H22ClN3O/c1-2-3-9-22-18(23)17-13-16(8-11-21-17)20-10-7-14-5-4-6-15(19)12-14/h4-6,8,11-13H,2-3,7,9-10H2,1H3,(H,20,21)(H,22,23). The molecule has 1 aromatic carbocycles. The molecule has 0 aliphatic rings. The number of unbranched alkanes of at least 4 members (excludes halogenated alkanes) is 1. The molecule has 0 spiro atoms. The summed E-state index contributed by atoms with van der Waals surface area (Å²) in [5.41, 5.74) is 2.51. The molecule has 4 nitrogen and oxygen atoms in total. The molecule has 0 fully saturated rings. The highest BCUT2D eigenvalue weighted by molar-refractivity contribution is 6.30. The van der Waals surface area contributed by atoms with Crippen molar-refractivity contribution in [3.63, 3.8) is 0 Å². The first kappa shape index (κ1) is 17.3. The van der Waals surface area contributed by atoms with Gasteiger partial charge in [0.1, 0.15) is 5.69 Å². The van der Waals surface area contributed by atoms with Gasteiger partial charge in [-0.25, -0.2) is 0 Å². The van der Waals surface area contributed by atoms with Crippen molar-refractivity contribution in [3.05, 3.63) is 58.9 Å². The van der Waals surface area contributed by atoms with E-state index in [-0.39, 0.29) is 5.91 Å². The van der Waals surface area contributed by atoms with Crippen LogP contribution in [-0.4, -0.2) is 24.0 Å². The van der Waals surface area contributed by atoms with E-state index in [4.69, 9.17) is 11.6 Å². The summed E-state index contributed by atoms with van der Waals surface area (Å²) in [6, 6.07) is 11.5. The van der Waals surface area contributed by atoms with E-state index in [1.165, 1.54) is 5.56 Å². The average molecular weight is 332 g/mol. The van der Waals surface area contributed by atoms with Crippen LogP contribution >= 0.6 is 11.6 Å². The van der Waals surface area contributed by atoms with E-state index in [1.54, 1.807) is 12.3 Å². The minimum absolute atomic E-state index is 0.128. The van der Waals surface area contributed by atoms with Gasteiger partial charge >= 0.3 is 0 Å². The molecule has 1 amide bonds. The van der Waals surface area contributed by atoms with Gasteiger partial charge in [0.25, 0.3) is 5.91 Å². The lowest BCUT2D eigenvalue weighted by molar-refractivity contribution is 0.0948. The van der Waals surface area contributed by atoms with E-state index < -0.39 is 0 Å². The topological polar surface area (TPSA) is 54.0 Å². The van der Waals surface area contributed by atoms with E-state index in [2.05, 4.69) is 22.5 Å². The van der Waals surface area contributed by atoms with Crippen LogP contribution in [0.4, 0.5) is 5.69 Å². The summed E-state index contributed by atoms with van der Waals surface area (Å²) in [6.45, 7) is 3.54. The Bertz CT molecular complexity index is 646. The van der Waals surface area contributed by atoms with Gasteiger partial charge in [-0.05, 0) is 42.7 Å². The lowest BCUT2D eigenvalue weighted by Crippen LogP contribution is -2.25. The van der Waals surface area contributed by atoms with Crippen LogP contribution in [0.3, 0.4) is 0 Å². The van der Waals surface area contributed by atoms with Crippen LogP contribution in [0.15, 0.2) is 42.6 Å². The first-order valence-corrected chi connectivity index (χ1v) is 8.29. The number of hydrogen-bond donors (Lipinski definition) is 2. The van der Waals surface area contributed by atoms with Gasteiger partial charge in [-0.15, -0.1) is 0 Å². The number of carbonyl (C=O) groups excluding carboxylic acids is 1. The van der Waals surface area contributed by atoms with Crippen LogP contribution in [0.2, 0.25) is 5.02 Å². The first-order valence-electron chi connectivity index (χ1n) is 7.91. The number of rotatable bonds is 8. The Morgan fingerprint density at radius 3 is 2.87 bits per heavy atom. The number of carbonyl (C=O) groups is 1. The van der Waals surface area contributed by atoms with Crippen molar-refractivity contribution in [3.8, 4) is 0 Å². The first-order chi connectivity index (χ1) is 11.2. The Hall–Kier alpha value is -2.07. The largest absolute Gasteiger partial charge is 0.385 e. The van der Waals surface area contributed by atoms with Gasteiger partial charge in [-0.3, -0.25) is 9.78 Å². The number of nitrogens with zero attached hydrogens (tertiary/aromatic N) is 1. The van der Waals surface area contributed by atoms with E-state index >= 15 is 0 Å². The van der Waals surface area contributed by atoms with E-state index in [0.29, 0.717) is 12.2 Å². The molecular formula is C18H22ClN3O. The van der Waals surface area contributed by atoms with E-state index in [1.807, 2.05) is 30.3 Å². The number of pyridine rings is 1. The lowest BCUT2D eigenvalue weighted by Gasteiger charge is -2.08. The summed E-state index contributed by atoms with van der Waals surface area (Å²) in [4.78, 5) is 16.1. The van der Waals surface area contributed by atoms with Crippen molar-refractivity contribution in [1.82, 2.24) is 10.3 Å². The Morgan fingerprint density at radius 2 is 2.09 bits per heavy atom. The number of anilines is 1. The summed E-state index contributed by atoms with van der Waals surface area (Å²) >= 11 is 5.98. The number of hydrogen-bond acceptors (Lipinski definition) is 3. The second-order valence-electron chi connectivity index (χ2n) is 5.35. The fourth-order valence-electron chi connectivity index (χ4n) is 2.18. The van der Waals surface area contributed by atoms with Gasteiger partial charge in [0, 0.05) is 30.0 Å². The van der Waals surface area contributed by atoms with Gasteiger partial charge in [-0.2, -0.15) is 0 Å². The fourth-order valence-corrected chi connectivity index (χ4v) is 2.39. The normalized spacial score (nSPS) is 10.3. The van der Waals surface area contributed by atoms with Gasteiger partial charge in [-0.1, -0.05) is 37.1 Å². The van der Waals surface area contributed by atoms with Gasteiger partial charge < -0.3 is 10.6 Å². The number of amides is 1. The molecule has 0 atom stereocenters. The predicted octanol–water partition coefficient (Wildman–Crippen LogP) is 3.92. The SMILES string of the molecule is CCCCNC(=O)c1cc(NCCc2cccc(Cl)c2)ccn1. The molecule has 1 aromatic heterocycles. The molecule has 0 unspecified atom stereocenters. The number of halogens is 1. The molecule has 0 saturated heterocycles. The second kappa shape index (κ2) is 9.16. The van der Waals surface area contributed by atoms with Crippen LogP contribution in [-0.2, 0) is 6.42 Å².